The summed E-state index contributed by atoms with van der Waals surface area (Å²) >= 11 is 0. The van der Waals surface area contributed by atoms with Gasteiger partial charge < -0.3 is 29.9 Å². The molecule has 0 aromatic heterocycles. The van der Waals surface area contributed by atoms with E-state index in [4.69, 9.17) is 19.7 Å². The van der Waals surface area contributed by atoms with Crippen molar-refractivity contribution in [1.82, 2.24) is 0 Å². The lowest BCUT2D eigenvalue weighted by molar-refractivity contribution is 0.0467. The van der Waals surface area contributed by atoms with Crippen LogP contribution in [0.5, 0.6) is 0 Å². The fourth-order valence-electron chi connectivity index (χ4n) is 3.11. The average molecular weight is 502 g/mol. The minimum absolute atomic E-state index is 0.0176. The van der Waals surface area contributed by atoms with Gasteiger partial charge in [0, 0.05) is 0 Å². The molecule has 0 amide bonds. The molecule has 0 bridgehead atoms. The first-order chi connectivity index (χ1) is 17.0. The van der Waals surface area contributed by atoms with Crippen molar-refractivity contribution in [3.8, 4) is 0 Å². The maximum atomic E-state index is 12.2. The largest absolute Gasteiger partial charge is 0.478 e. The molecule has 0 aliphatic carbocycles. The van der Waals surface area contributed by atoms with Crippen LogP contribution in [0, 0.1) is 0 Å². The van der Waals surface area contributed by atoms with Crippen molar-refractivity contribution in [2.75, 3.05) is 13.2 Å². The van der Waals surface area contributed by atoms with Gasteiger partial charge in [0.25, 0.3) is 0 Å². The minimum Gasteiger partial charge on any atom is -0.478 e. The second kappa shape index (κ2) is 12.6. The third-order valence-electron chi connectivity index (χ3n) is 4.94. The average Bonchev–Trinajstić information content (AvgIpc) is 2.84. The number of esters is 2. The Bertz CT molecular complexity index is 1100. The zero-order valence-corrected chi connectivity index (χ0v) is 18.8. The van der Waals surface area contributed by atoms with Gasteiger partial charge in [0.2, 0.25) is 0 Å². The third-order valence-corrected chi connectivity index (χ3v) is 4.94. The molecule has 4 N–H and O–H groups in total. The van der Waals surface area contributed by atoms with Gasteiger partial charge in [-0.05, 0) is 62.1 Å². The maximum absolute atomic E-state index is 12.2. The van der Waals surface area contributed by atoms with E-state index in [1.807, 2.05) is 0 Å². The molecule has 2 rings (SSSR count). The summed E-state index contributed by atoms with van der Waals surface area (Å²) in [7, 11) is 0. The van der Waals surface area contributed by atoms with Crippen LogP contribution in [-0.2, 0) is 9.47 Å². The van der Waals surface area contributed by atoms with Crippen molar-refractivity contribution < 1.29 is 58.7 Å². The zero-order chi connectivity index (χ0) is 26.8. The molecular formula is C24H22O12. The van der Waals surface area contributed by atoms with Gasteiger partial charge >= 0.3 is 35.8 Å². The lowest BCUT2D eigenvalue weighted by Crippen LogP contribution is -2.14. The van der Waals surface area contributed by atoms with Gasteiger partial charge in [0.05, 0.1) is 46.6 Å². The van der Waals surface area contributed by atoms with Crippen LogP contribution < -0.4 is 0 Å². The van der Waals surface area contributed by atoms with Gasteiger partial charge in [-0.1, -0.05) is 0 Å². The highest BCUT2D eigenvalue weighted by Gasteiger charge is 2.21. The summed E-state index contributed by atoms with van der Waals surface area (Å²) in [6.45, 7) is -0.0352. The van der Waals surface area contributed by atoms with Gasteiger partial charge in [-0.2, -0.15) is 0 Å². The van der Waals surface area contributed by atoms with Crippen LogP contribution in [0.3, 0.4) is 0 Å². The second-order valence-corrected chi connectivity index (χ2v) is 7.43. The number of benzene rings is 2. The minimum atomic E-state index is -1.46. The number of carbonyl (C=O) groups excluding carboxylic acids is 2. The van der Waals surface area contributed by atoms with E-state index in [0.717, 1.165) is 36.4 Å². The highest BCUT2D eigenvalue weighted by Crippen LogP contribution is 2.16. The molecule has 2 aromatic rings. The summed E-state index contributed by atoms with van der Waals surface area (Å²) < 4.78 is 10.1. The molecule has 0 fully saturated rings. The smallest absolute Gasteiger partial charge is 0.339 e. The third kappa shape index (κ3) is 7.38. The van der Waals surface area contributed by atoms with E-state index in [0.29, 0.717) is 25.7 Å². The number of rotatable bonds is 13. The standard InChI is InChI=1S/C24H22O12/c25-19(26)13-5-7-15(17(11-13)21(29)30)23(33)35-9-3-1-2-4-10-36-24(34)16-8-6-14(20(27)28)12-18(16)22(31)32/h5-8,11-12H,1-4,9-10H2,(H,25,26)(H,27,28)(H,29,30)(H,31,32). The van der Waals surface area contributed by atoms with Crippen LogP contribution in [0.25, 0.3) is 0 Å². The lowest BCUT2D eigenvalue weighted by atomic mass is 10.0. The molecule has 0 saturated heterocycles. The monoisotopic (exact) mass is 502 g/mol. The predicted octanol–water partition coefficient (Wildman–Crippen LogP) is 3.05. The van der Waals surface area contributed by atoms with Crippen molar-refractivity contribution in [1.29, 1.82) is 0 Å². The molecule has 0 radical (unpaired) electrons. The molecule has 12 nitrogen and oxygen atoms in total. The lowest BCUT2D eigenvalue weighted by Gasteiger charge is -2.09. The number of unbranched alkanes of at least 4 members (excludes halogenated alkanes) is 3. The fraction of sp³-hybridized carbons (Fsp3) is 0.250. The SMILES string of the molecule is O=C(O)c1ccc(C(=O)OCCCCCCOC(=O)c2ccc(C(=O)O)cc2C(=O)O)c(C(=O)O)c1. The summed E-state index contributed by atoms with van der Waals surface area (Å²) in [5.41, 5.74) is -2.05. The van der Waals surface area contributed by atoms with E-state index < -0.39 is 46.9 Å². The number of aromatic carboxylic acids is 4. The van der Waals surface area contributed by atoms with E-state index in [1.165, 1.54) is 0 Å². The molecule has 0 atom stereocenters. The number of carboxylic acid groups (broad SMARTS) is 4. The van der Waals surface area contributed by atoms with Crippen molar-refractivity contribution in [2.45, 2.75) is 25.7 Å². The molecular weight excluding hydrogens is 480 g/mol. The molecule has 0 aliphatic rings. The highest BCUT2D eigenvalue weighted by atomic mass is 16.5. The molecule has 190 valence electrons. The van der Waals surface area contributed by atoms with Crippen molar-refractivity contribution in [2.24, 2.45) is 0 Å². The molecule has 0 saturated carbocycles. The Hall–Kier alpha value is -4.74. The Balaban J connectivity index is 1.75. The molecule has 2 aromatic carbocycles. The van der Waals surface area contributed by atoms with E-state index >= 15 is 0 Å². The molecule has 36 heavy (non-hydrogen) atoms. The fourth-order valence-corrected chi connectivity index (χ4v) is 3.11. The Kier molecular flexibility index (Phi) is 9.66. The Morgan fingerprint density at radius 3 is 1.17 bits per heavy atom. The number of hydrogen-bond donors (Lipinski definition) is 4. The maximum Gasteiger partial charge on any atom is 0.339 e. The zero-order valence-electron chi connectivity index (χ0n) is 18.8. The van der Waals surface area contributed by atoms with E-state index in [9.17, 15) is 39.0 Å². The normalized spacial score (nSPS) is 10.3. The number of ether oxygens (including phenoxy) is 2. The molecule has 0 unspecified atom stereocenters. The Morgan fingerprint density at radius 2 is 0.861 bits per heavy atom. The van der Waals surface area contributed by atoms with Gasteiger partial charge in [-0.15, -0.1) is 0 Å². The first kappa shape index (κ1) is 27.5. The van der Waals surface area contributed by atoms with E-state index in [-0.39, 0.29) is 35.5 Å². The van der Waals surface area contributed by atoms with Crippen molar-refractivity contribution >= 4 is 35.8 Å². The molecule has 0 aliphatic heterocycles. The molecule has 0 heterocycles. The Morgan fingerprint density at radius 1 is 0.500 bits per heavy atom. The van der Waals surface area contributed by atoms with Gasteiger partial charge in [-0.25, -0.2) is 28.8 Å². The summed E-state index contributed by atoms with van der Waals surface area (Å²) in [5, 5.41) is 36.3. The number of hydrogen-bond acceptors (Lipinski definition) is 8. The predicted molar refractivity (Wildman–Crippen MR) is 120 cm³/mol. The summed E-state index contributed by atoms with van der Waals surface area (Å²) in [6, 6.07) is 6.12. The molecule has 12 heteroatoms. The highest BCUT2D eigenvalue weighted by molar-refractivity contribution is 6.05. The molecule has 0 spiro atoms. The van der Waals surface area contributed by atoms with Crippen molar-refractivity contribution in [3.05, 3.63) is 69.8 Å². The summed E-state index contributed by atoms with van der Waals surface area (Å²) in [6.07, 6.45) is 1.99. The number of carboxylic acids is 4. The first-order valence-electron chi connectivity index (χ1n) is 10.6. The summed E-state index contributed by atoms with van der Waals surface area (Å²) in [5.74, 6) is -7.40. The van der Waals surface area contributed by atoms with Crippen molar-refractivity contribution in [3.63, 3.8) is 0 Å². The van der Waals surface area contributed by atoms with Gasteiger partial charge in [0.15, 0.2) is 0 Å². The van der Waals surface area contributed by atoms with E-state index in [2.05, 4.69) is 0 Å². The van der Waals surface area contributed by atoms with Crippen LogP contribution >= 0.6 is 0 Å². The topological polar surface area (TPSA) is 202 Å². The second-order valence-electron chi connectivity index (χ2n) is 7.43. The van der Waals surface area contributed by atoms with Crippen LogP contribution in [0.1, 0.15) is 87.8 Å². The first-order valence-corrected chi connectivity index (χ1v) is 10.6. The van der Waals surface area contributed by atoms with Crippen LogP contribution in [0.15, 0.2) is 36.4 Å². The quantitative estimate of drug-likeness (QED) is 0.231. The number of carbonyl (C=O) groups is 6. The van der Waals surface area contributed by atoms with Gasteiger partial charge in [-0.3, -0.25) is 0 Å². The van der Waals surface area contributed by atoms with E-state index in [1.54, 1.807) is 0 Å². The van der Waals surface area contributed by atoms with Crippen LogP contribution in [0.4, 0.5) is 0 Å². The Labute approximate surface area is 203 Å². The van der Waals surface area contributed by atoms with Gasteiger partial charge in [0.1, 0.15) is 0 Å². The summed E-state index contributed by atoms with van der Waals surface area (Å²) in [4.78, 5) is 68.9. The van der Waals surface area contributed by atoms with Crippen LogP contribution in [-0.4, -0.2) is 69.5 Å². The van der Waals surface area contributed by atoms with Crippen LogP contribution in [0.2, 0.25) is 0 Å².